The summed E-state index contributed by atoms with van der Waals surface area (Å²) in [5.74, 6) is -0.901. The summed E-state index contributed by atoms with van der Waals surface area (Å²) >= 11 is 6.17. The van der Waals surface area contributed by atoms with E-state index in [1.54, 1.807) is 36.4 Å². The lowest BCUT2D eigenvalue weighted by atomic mass is 10.1. The highest BCUT2D eigenvalue weighted by Crippen LogP contribution is 2.24. The van der Waals surface area contributed by atoms with Crippen LogP contribution in [0.25, 0.3) is 11.3 Å². The van der Waals surface area contributed by atoms with Crippen molar-refractivity contribution >= 4 is 29.2 Å². The van der Waals surface area contributed by atoms with E-state index in [-0.39, 0.29) is 6.54 Å². The molecule has 0 atom stereocenters. The van der Waals surface area contributed by atoms with Crippen molar-refractivity contribution in [1.82, 2.24) is 9.78 Å². The van der Waals surface area contributed by atoms with Gasteiger partial charge in [-0.05, 0) is 36.4 Å². The molecular weight excluding hydrogens is 382 g/mol. The van der Waals surface area contributed by atoms with Gasteiger partial charge in [-0.3, -0.25) is 9.59 Å². The van der Waals surface area contributed by atoms with E-state index in [4.69, 9.17) is 11.6 Å². The summed E-state index contributed by atoms with van der Waals surface area (Å²) in [5, 5.41) is 7.38. The Balaban J connectivity index is 1.75. The minimum atomic E-state index is -0.468. The second kappa shape index (κ2) is 8.49. The van der Waals surface area contributed by atoms with Crippen LogP contribution in [-0.2, 0) is 16.1 Å². The van der Waals surface area contributed by atoms with Crippen molar-refractivity contribution in [1.29, 1.82) is 0 Å². The third-order valence-corrected chi connectivity index (χ3v) is 4.23. The molecule has 0 saturated carbocycles. The second-order valence-corrected chi connectivity index (χ2v) is 6.22. The van der Waals surface area contributed by atoms with E-state index in [1.807, 2.05) is 6.07 Å². The number of amides is 1. The first-order valence-electron chi connectivity index (χ1n) is 8.29. The molecule has 0 radical (unpaired) electrons. The van der Waals surface area contributed by atoms with Crippen molar-refractivity contribution in [3.8, 4) is 11.3 Å². The Hall–Kier alpha value is -3.45. The van der Waals surface area contributed by atoms with Gasteiger partial charge in [0.05, 0.1) is 23.4 Å². The summed E-state index contributed by atoms with van der Waals surface area (Å²) in [7, 11) is 1.29. The van der Waals surface area contributed by atoms with Gasteiger partial charge in [0.2, 0.25) is 5.91 Å². The fourth-order valence-corrected chi connectivity index (χ4v) is 2.75. The zero-order valence-corrected chi connectivity index (χ0v) is 15.6. The number of methoxy groups -OCH3 is 1. The van der Waals surface area contributed by atoms with Crippen LogP contribution >= 0.6 is 11.6 Å². The third-order valence-electron chi connectivity index (χ3n) is 3.90. The number of halogens is 1. The van der Waals surface area contributed by atoms with Gasteiger partial charge in [0.25, 0.3) is 5.56 Å². The molecule has 1 N–H and O–H groups in total. The van der Waals surface area contributed by atoms with Crippen LogP contribution in [-0.4, -0.2) is 28.8 Å². The van der Waals surface area contributed by atoms with Crippen molar-refractivity contribution in [2.45, 2.75) is 6.54 Å². The molecule has 0 unspecified atom stereocenters. The Labute approximate surface area is 165 Å². The molecule has 1 heterocycles. The number of aromatic nitrogens is 2. The second-order valence-electron chi connectivity index (χ2n) is 5.81. The van der Waals surface area contributed by atoms with Gasteiger partial charge in [-0.1, -0.05) is 29.8 Å². The highest BCUT2D eigenvalue weighted by Gasteiger charge is 2.11. The number of benzene rings is 2. The number of carbonyl (C=O) groups excluding carboxylic acids is 2. The third kappa shape index (κ3) is 4.44. The number of carbonyl (C=O) groups is 2. The van der Waals surface area contributed by atoms with Gasteiger partial charge in [0, 0.05) is 17.3 Å². The summed E-state index contributed by atoms with van der Waals surface area (Å²) in [4.78, 5) is 35.8. The van der Waals surface area contributed by atoms with Crippen molar-refractivity contribution in [2.24, 2.45) is 0 Å². The average Bonchev–Trinajstić information content (AvgIpc) is 2.70. The van der Waals surface area contributed by atoms with Gasteiger partial charge in [-0.2, -0.15) is 5.10 Å². The van der Waals surface area contributed by atoms with Gasteiger partial charge in [0.15, 0.2) is 0 Å². The maximum Gasteiger partial charge on any atom is 0.337 e. The zero-order valence-electron chi connectivity index (χ0n) is 14.9. The molecule has 0 spiro atoms. The lowest BCUT2D eigenvalue weighted by Crippen LogP contribution is -2.29. The topological polar surface area (TPSA) is 90.3 Å². The monoisotopic (exact) mass is 397 g/mol. The Morgan fingerprint density at radius 1 is 1.07 bits per heavy atom. The zero-order chi connectivity index (χ0) is 20.1. The van der Waals surface area contributed by atoms with Gasteiger partial charge in [-0.25, -0.2) is 9.48 Å². The van der Waals surface area contributed by atoms with E-state index in [2.05, 4.69) is 15.2 Å². The number of nitrogens with zero attached hydrogens (tertiary/aromatic N) is 2. The minimum Gasteiger partial charge on any atom is -0.465 e. The summed E-state index contributed by atoms with van der Waals surface area (Å²) < 4.78 is 5.69. The summed E-state index contributed by atoms with van der Waals surface area (Å²) in [6.45, 7) is -0.268. The van der Waals surface area contributed by atoms with E-state index in [0.717, 1.165) is 4.68 Å². The standard InChI is InChI=1S/C20H16ClN3O4/c1-28-20(27)13-6-8-14(9-7-13)22-18(25)12-24-19(26)11-10-17(23-24)15-4-2-3-5-16(15)21/h2-11H,12H2,1H3,(H,22,25). The van der Waals surface area contributed by atoms with Crippen LogP contribution in [0.4, 0.5) is 5.69 Å². The Kier molecular flexibility index (Phi) is 5.86. The molecule has 28 heavy (non-hydrogen) atoms. The molecule has 0 aliphatic heterocycles. The molecular formula is C20H16ClN3O4. The molecule has 1 aromatic heterocycles. The van der Waals surface area contributed by atoms with Crippen LogP contribution in [0.2, 0.25) is 5.02 Å². The van der Waals surface area contributed by atoms with Crippen molar-refractivity contribution in [3.05, 3.63) is 81.6 Å². The normalized spacial score (nSPS) is 10.4. The van der Waals surface area contributed by atoms with E-state index in [9.17, 15) is 14.4 Å². The summed E-state index contributed by atoms with van der Waals surface area (Å²) in [5.41, 5.74) is 1.59. The average molecular weight is 398 g/mol. The smallest absolute Gasteiger partial charge is 0.337 e. The van der Waals surface area contributed by atoms with Crippen molar-refractivity contribution in [3.63, 3.8) is 0 Å². The van der Waals surface area contributed by atoms with Crippen LogP contribution in [0.15, 0.2) is 65.5 Å². The van der Waals surface area contributed by atoms with E-state index >= 15 is 0 Å². The number of anilines is 1. The number of hydrogen-bond donors (Lipinski definition) is 1. The molecule has 3 aromatic rings. The van der Waals surface area contributed by atoms with Gasteiger partial charge >= 0.3 is 5.97 Å². The first kappa shape index (κ1) is 19.3. The van der Waals surface area contributed by atoms with Crippen LogP contribution in [0.5, 0.6) is 0 Å². The summed E-state index contributed by atoms with van der Waals surface area (Å²) in [6, 6.07) is 16.2. The highest BCUT2D eigenvalue weighted by atomic mass is 35.5. The van der Waals surface area contributed by atoms with E-state index in [1.165, 1.54) is 25.3 Å². The lowest BCUT2D eigenvalue weighted by Gasteiger charge is -2.09. The van der Waals surface area contributed by atoms with Gasteiger partial charge in [-0.15, -0.1) is 0 Å². The molecule has 0 bridgehead atoms. The maximum absolute atomic E-state index is 12.3. The fraction of sp³-hybridized carbons (Fsp3) is 0.100. The molecule has 7 nitrogen and oxygen atoms in total. The first-order chi connectivity index (χ1) is 13.5. The van der Waals surface area contributed by atoms with Crippen LogP contribution in [0, 0.1) is 0 Å². The number of esters is 1. The predicted molar refractivity (Wildman–Crippen MR) is 105 cm³/mol. The predicted octanol–water partition coefficient (Wildman–Crippen LogP) is 2.99. The Bertz CT molecular complexity index is 1080. The lowest BCUT2D eigenvalue weighted by molar-refractivity contribution is -0.117. The van der Waals surface area contributed by atoms with E-state index < -0.39 is 17.4 Å². The van der Waals surface area contributed by atoms with Crippen LogP contribution < -0.4 is 10.9 Å². The first-order valence-corrected chi connectivity index (χ1v) is 8.67. The van der Waals surface area contributed by atoms with E-state index in [0.29, 0.717) is 27.5 Å². The molecule has 0 saturated heterocycles. The number of rotatable bonds is 5. The molecule has 3 rings (SSSR count). The van der Waals surface area contributed by atoms with Crippen molar-refractivity contribution in [2.75, 3.05) is 12.4 Å². The molecule has 0 fully saturated rings. The van der Waals surface area contributed by atoms with Gasteiger partial charge < -0.3 is 10.1 Å². The largest absolute Gasteiger partial charge is 0.465 e. The molecule has 142 valence electrons. The molecule has 0 aliphatic carbocycles. The molecule has 1 amide bonds. The molecule has 2 aromatic carbocycles. The fourth-order valence-electron chi connectivity index (χ4n) is 2.52. The number of hydrogen-bond acceptors (Lipinski definition) is 5. The summed E-state index contributed by atoms with van der Waals surface area (Å²) in [6.07, 6.45) is 0. The van der Waals surface area contributed by atoms with Crippen LogP contribution in [0.3, 0.4) is 0 Å². The SMILES string of the molecule is COC(=O)c1ccc(NC(=O)Cn2nc(-c3ccccc3Cl)ccc2=O)cc1. The van der Waals surface area contributed by atoms with Crippen LogP contribution in [0.1, 0.15) is 10.4 Å². The highest BCUT2D eigenvalue weighted by molar-refractivity contribution is 6.33. The van der Waals surface area contributed by atoms with Gasteiger partial charge in [0.1, 0.15) is 6.54 Å². The number of nitrogens with one attached hydrogen (secondary N) is 1. The molecule has 8 heteroatoms. The maximum atomic E-state index is 12.3. The number of ether oxygens (including phenoxy) is 1. The minimum absolute atomic E-state index is 0.268. The Morgan fingerprint density at radius 3 is 2.46 bits per heavy atom. The quantitative estimate of drug-likeness (QED) is 0.668. The van der Waals surface area contributed by atoms with Crippen molar-refractivity contribution < 1.29 is 14.3 Å². The molecule has 0 aliphatic rings. The Morgan fingerprint density at radius 2 is 1.79 bits per heavy atom.